The first-order valence-corrected chi connectivity index (χ1v) is 13.0. The Balaban J connectivity index is 1.51. The average Bonchev–Trinajstić information content (AvgIpc) is 2.99. The van der Waals surface area contributed by atoms with Crippen molar-refractivity contribution in [3.8, 4) is 0 Å². The van der Waals surface area contributed by atoms with Crippen LogP contribution in [0.3, 0.4) is 0 Å². The van der Waals surface area contributed by atoms with Gasteiger partial charge in [-0.05, 0) is 123 Å². The third-order valence-electron chi connectivity index (χ3n) is 10.6. The number of allylic oxidation sites excluding steroid dienone is 2. The standard InChI is InChI=1S/C28H48O/c1-18(2)15-19(3)16-20(4)24-9-10-25-23-8-7-21-17-22(29)11-13-27(21,5)26(23)12-14-28(24,25)6/h16,18,20-26,29H,7-15,17H2,1-6H3/b19-16+/t20-,21+,22+,23+,24-,25+,26+,27+,28-/m1/s1. The van der Waals surface area contributed by atoms with Crippen molar-refractivity contribution in [1.29, 1.82) is 0 Å². The highest BCUT2D eigenvalue weighted by Crippen LogP contribution is 2.68. The predicted octanol–water partition coefficient (Wildman–Crippen LogP) is 7.63. The normalized spacial score (nSPS) is 48.8. The van der Waals surface area contributed by atoms with Crippen molar-refractivity contribution < 1.29 is 5.11 Å². The average molecular weight is 401 g/mol. The van der Waals surface area contributed by atoms with E-state index in [9.17, 15) is 5.11 Å². The van der Waals surface area contributed by atoms with Gasteiger partial charge in [0.1, 0.15) is 0 Å². The van der Waals surface area contributed by atoms with Crippen molar-refractivity contribution >= 4 is 0 Å². The summed E-state index contributed by atoms with van der Waals surface area (Å²) in [7, 11) is 0. The van der Waals surface area contributed by atoms with Crippen LogP contribution in [0, 0.1) is 52.3 Å². The molecule has 4 aliphatic rings. The molecule has 0 aromatic rings. The topological polar surface area (TPSA) is 20.2 Å². The molecule has 4 rings (SSSR count). The minimum atomic E-state index is -0.0175. The molecule has 0 spiro atoms. The zero-order valence-corrected chi connectivity index (χ0v) is 20.2. The maximum absolute atomic E-state index is 10.3. The number of aliphatic hydroxyl groups excluding tert-OH is 1. The van der Waals surface area contributed by atoms with Gasteiger partial charge in [0.2, 0.25) is 0 Å². The Hall–Kier alpha value is -0.300. The molecular weight excluding hydrogens is 352 g/mol. The lowest BCUT2D eigenvalue weighted by molar-refractivity contribution is -0.128. The van der Waals surface area contributed by atoms with Gasteiger partial charge in [0, 0.05) is 0 Å². The monoisotopic (exact) mass is 400 g/mol. The Morgan fingerprint density at radius 3 is 2.34 bits per heavy atom. The van der Waals surface area contributed by atoms with Crippen LogP contribution in [0.15, 0.2) is 11.6 Å². The van der Waals surface area contributed by atoms with Crippen molar-refractivity contribution in [3.63, 3.8) is 0 Å². The summed E-state index contributed by atoms with van der Waals surface area (Å²) in [5.41, 5.74) is 2.69. The molecule has 4 fully saturated rings. The first-order chi connectivity index (χ1) is 13.6. The summed E-state index contributed by atoms with van der Waals surface area (Å²) in [4.78, 5) is 0. The van der Waals surface area contributed by atoms with E-state index in [0.717, 1.165) is 54.3 Å². The molecule has 0 saturated heterocycles. The molecule has 0 aromatic carbocycles. The molecule has 0 aliphatic heterocycles. The fourth-order valence-electron chi connectivity index (χ4n) is 9.42. The maximum Gasteiger partial charge on any atom is 0.0543 e. The molecule has 0 bridgehead atoms. The second-order valence-electron chi connectivity index (χ2n) is 12.8. The molecule has 1 nitrogen and oxygen atoms in total. The zero-order chi connectivity index (χ0) is 21.0. The van der Waals surface area contributed by atoms with E-state index in [1.165, 1.54) is 51.4 Å². The Morgan fingerprint density at radius 1 is 0.931 bits per heavy atom. The van der Waals surface area contributed by atoms with E-state index in [-0.39, 0.29) is 6.10 Å². The quantitative estimate of drug-likeness (QED) is 0.481. The van der Waals surface area contributed by atoms with Crippen LogP contribution in [-0.4, -0.2) is 11.2 Å². The largest absolute Gasteiger partial charge is 0.393 e. The van der Waals surface area contributed by atoms with Crippen molar-refractivity contribution in [2.75, 3.05) is 0 Å². The molecule has 4 aliphatic carbocycles. The number of fused-ring (bicyclic) bond motifs is 5. The van der Waals surface area contributed by atoms with Crippen LogP contribution in [-0.2, 0) is 0 Å². The molecule has 0 aromatic heterocycles. The second-order valence-corrected chi connectivity index (χ2v) is 12.8. The Labute approximate surface area is 181 Å². The van der Waals surface area contributed by atoms with Crippen molar-refractivity contribution in [2.24, 2.45) is 52.3 Å². The smallest absolute Gasteiger partial charge is 0.0543 e. The van der Waals surface area contributed by atoms with Crippen LogP contribution in [0.2, 0.25) is 0 Å². The van der Waals surface area contributed by atoms with Crippen molar-refractivity contribution in [1.82, 2.24) is 0 Å². The second kappa shape index (κ2) is 7.99. The van der Waals surface area contributed by atoms with Gasteiger partial charge >= 0.3 is 0 Å². The van der Waals surface area contributed by atoms with Crippen LogP contribution in [0.1, 0.15) is 106 Å². The van der Waals surface area contributed by atoms with Gasteiger partial charge < -0.3 is 5.11 Å². The van der Waals surface area contributed by atoms with Gasteiger partial charge in [0.15, 0.2) is 0 Å². The summed E-state index contributed by atoms with van der Waals surface area (Å²) in [5.74, 6) is 6.02. The highest BCUT2D eigenvalue weighted by molar-refractivity contribution is 5.12. The van der Waals surface area contributed by atoms with Crippen molar-refractivity contribution in [2.45, 2.75) is 112 Å². The lowest BCUT2D eigenvalue weighted by Crippen LogP contribution is -2.54. The predicted molar refractivity (Wildman–Crippen MR) is 124 cm³/mol. The van der Waals surface area contributed by atoms with E-state index in [1.807, 2.05) is 0 Å². The Kier molecular flexibility index (Phi) is 6.04. The molecule has 166 valence electrons. The summed E-state index contributed by atoms with van der Waals surface area (Å²) < 4.78 is 0. The molecule has 1 heteroatoms. The first-order valence-electron chi connectivity index (χ1n) is 13.0. The van der Waals surface area contributed by atoms with Crippen LogP contribution < -0.4 is 0 Å². The van der Waals surface area contributed by atoms with E-state index in [4.69, 9.17) is 0 Å². The summed E-state index contributed by atoms with van der Waals surface area (Å²) in [6.07, 6.45) is 16.0. The number of hydrogen-bond acceptors (Lipinski definition) is 1. The molecule has 29 heavy (non-hydrogen) atoms. The molecule has 1 N–H and O–H groups in total. The number of hydrogen-bond donors (Lipinski definition) is 1. The molecule has 0 heterocycles. The maximum atomic E-state index is 10.3. The molecule has 9 atom stereocenters. The van der Waals surface area contributed by atoms with Gasteiger partial charge in [-0.2, -0.15) is 0 Å². The minimum absolute atomic E-state index is 0.0175. The Morgan fingerprint density at radius 2 is 1.62 bits per heavy atom. The van der Waals surface area contributed by atoms with E-state index in [2.05, 4.69) is 47.6 Å². The van der Waals surface area contributed by atoms with E-state index in [1.54, 1.807) is 5.57 Å². The van der Waals surface area contributed by atoms with Gasteiger partial charge in [-0.15, -0.1) is 0 Å². The van der Waals surface area contributed by atoms with Gasteiger partial charge in [0.25, 0.3) is 0 Å². The van der Waals surface area contributed by atoms with E-state index in [0.29, 0.717) is 10.8 Å². The molecular formula is C28H48O. The van der Waals surface area contributed by atoms with Crippen LogP contribution in [0.25, 0.3) is 0 Å². The molecule has 0 unspecified atom stereocenters. The van der Waals surface area contributed by atoms with Gasteiger partial charge in [-0.1, -0.05) is 46.3 Å². The van der Waals surface area contributed by atoms with E-state index >= 15 is 0 Å². The SMILES string of the molecule is C/C(=C\[C@@H](C)[C@H]1CC[C@H]2[C@@H]3CC[C@H]4C[C@@H](O)CC[C@]4(C)[C@H]3CC[C@]12C)CC(C)C. The highest BCUT2D eigenvalue weighted by Gasteiger charge is 2.60. The van der Waals surface area contributed by atoms with Gasteiger partial charge in [-0.3, -0.25) is 0 Å². The third-order valence-corrected chi connectivity index (χ3v) is 10.6. The number of aliphatic hydroxyl groups is 1. The Bertz CT molecular complexity index is 620. The van der Waals surface area contributed by atoms with Crippen LogP contribution in [0.5, 0.6) is 0 Å². The summed E-state index contributed by atoms with van der Waals surface area (Å²) in [6, 6.07) is 0. The van der Waals surface area contributed by atoms with E-state index < -0.39 is 0 Å². The van der Waals surface area contributed by atoms with Crippen molar-refractivity contribution in [3.05, 3.63) is 11.6 Å². The molecule has 0 amide bonds. The minimum Gasteiger partial charge on any atom is -0.393 e. The zero-order valence-electron chi connectivity index (χ0n) is 20.2. The first kappa shape index (κ1) is 21.9. The fraction of sp³-hybridized carbons (Fsp3) is 0.929. The summed E-state index contributed by atoms with van der Waals surface area (Å²) >= 11 is 0. The number of rotatable bonds is 4. The summed E-state index contributed by atoms with van der Waals surface area (Å²) in [6.45, 7) is 14.9. The highest BCUT2D eigenvalue weighted by atomic mass is 16.3. The van der Waals surface area contributed by atoms with Crippen LogP contribution >= 0.6 is 0 Å². The lowest BCUT2D eigenvalue weighted by Gasteiger charge is -2.61. The fourth-order valence-corrected chi connectivity index (χ4v) is 9.42. The summed E-state index contributed by atoms with van der Waals surface area (Å²) in [5, 5.41) is 10.3. The molecule has 0 radical (unpaired) electrons. The molecule has 4 saturated carbocycles. The van der Waals surface area contributed by atoms with Crippen LogP contribution in [0.4, 0.5) is 0 Å². The lowest BCUT2D eigenvalue weighted by atomic mass is 9.44. The third kappa shape index (κ3) is 3.77. The van der Waals surface area contributed by atoms with Gasteiger partial charge in [0.05, 0.1) is 6.10 Å². The van der Waals surface area contributed by atoms with Gasteiger partial charge in [-0.25, -0.2) is 0 Å².